The Morgan fingerprint density at radius 1 is 0.625 bits per heavy atom. The van der Waals surface area contributed by atoms with Gasteiger partial charge in [0.05, 0.1) is 0 Å². The first kappa shape index (κ1) is 6.12. The van der Waals surface area contributed by atoms with Gasteiger partial charge in [-0.05, 0) is 25.7 Å². The van der Waals surface area contributed by atoms with E-state index >= 15 is 0 Å². The van der Waals surface area contributed by atoms with E-state index in [1.807, 2.05) is 0 Å². The predicted molar refractivity (Wildman–Crippen MR) is 36.3 cm³/mol. The molecule has 0 saturated heterocycles. The Morgan fingerprint density at radius 3 is 1.62 bits per heavy atom. The first-order valence-corrected chi connectivity index (χ1v) is 3.63. The molecule has 0 aromatic rings. The van der Waals surface area contributed by atoms with Gasteiger partial charge in [-0.1, -0.05) is 25.7 Å². The van der Waals surface area contributed by atoms with Gasteiger partial charge in [-0.25, -0.2) is 0 Å². The highest BCUT2D eigenvalue weighted by Crippen LogP contribution is 2.13. The zero-order valence-corrected chi connectivity index (χ0v) is 5.40. The summed E-state index contributed by atoms with van der Waals surface area (Å²) in [5.41, 5.74) is 0. The zero-order chi connectivity index (χ0) is 5.66. The molecule has 0 spiro atoms. The normalized spacial score (nSPS) is 24.0. The maximum atomic E-state index is 2.41. The molecule has 1 fully saturated rings. The van der Waals surface area contributed by atoms with Crippen molar-refractivity contribution in [3.8, 4) is 0 Å². The zero-order valence-electron chi connectivity index (χ0n) is 5.40. The van der Waals surface area contributed by atoms with Crippen LogP contribution in [0.2, 0.25) is 0 Å². The molecule has 0 heterocycles. The van der Waals surface area contributed by atoms with Crippen LogP contribution in [0.1, 0.15) is 38.5 Å². The molecule has 1 saturated carbocycles. The first-order valence-electron chi connectivity index (χ1n) is 3.63. The molecule has 1 aliphatic carbocycles. The van der Waals surface area contributed by atoms with E-state index in [0.29, 0.717) is 0 Å². The third kappa shape index (κ3) is 2.34. The highest BCUT2D eigenvalue weighted by atomic mass is 14.0. The van der Waals surface area contributed by atoms with E-state index in [-0.39, 0.29) is 0 Å². The molecular weight excluding hydrogens is 96.1 g/mol. The van der Waals surface area contributed by atoms with Gasteiger partial charge >= 0.3 is 0 Å². The standard InChI is InChI=1S/C8H14/c1-2-4-6-8-7-5-3-1/h1,6H,2-5,7-8H2. The lowest BCUT2D eigenvalue weighted by molar-refractivity contribution is 0.644. The van der Waals surface area contributed by atoms with Gasteiger partial charge < -0.3 is 0 Å². The molecule has 0 aliphatic heterocycles. The minimum Gasteiger partial charge on any atom is -0.0530 e. The first-order chi connectivity index (χ1) is 4.00. The Bertz CT molecular complexity index is 24.0. The Labute approximate surface area is 52.3 Å². The second kappa shape index (κ2) is 3.94. The predicted octanol–water partition coefficient (Wildman–Crippen LogP) is 2.75. The van der Waals surface area contributed by atoms with Gasteiger partial charge in [-0.15, -0.1) is 0 Å². The Morgan fingerprint density at radius 2 is 1.12 bits per heavy atom. The van der Waals surface area contributed by atoms with Crippen molar-refractivity contribution in [3.05, 3.63) is 12.8 Å². The van der Waals surface area contributed by atoms with Gasteiger partial charge in [-0.3, -0.25) is 0 Å². The topological polar surface area (TPSA) is 0 Å². The summed E-state index contributed by atoms with van der Waals surface area (Å²) in [6, 6.07) is 0. The molecule has 0 N–H and O–H groups in total. The van der Waals surface area contributed by atoms with Crippen molar-refractivity contribution < 1.29 is 0 Å². The van der Waals surface area contributed by atoms with Crippen molar-refractivity contribution >= 4 is 0 Å². The smallest absolute Gasteiger partial charge is 0.0386 e. The van der Waals surface area contributed by atoms with Gasteiger partial charge in [0, 0.05) is 0 Å². The minimum absolute atomic E-state index is 1.32. The van der Waals surface area contributed by atoms with E-state index in [2.05, 4.69) is 12.8 Å². The van der Waals surface area contributed by atoms with E-state index in [0.717, 1.165) is 0 Å². The van der Waals surface area contributed by atoms with E-state index in [9.17, 15) is 0 Å². The van der Waals surface area contributed by atoms with Crippen LogP contribution >= 0.6 is 0 Å². The van der Waals surface area contributed by atoms with Gasteiger partial charge in [0.1, 0.15) is 0 Å². The maximum Gasteiger partial charge on any atom is -0.0386 e. The molecule has 0 unspecified atom stereocenters. The van der Waals surface area contributed by atoms with E-state index < -0.39 is 0 Å². The summed E-state index contributed by atoms with van der Waals surface area (Å²) >= 11 is 0. The number of rotatable bonds is 0. The quantitative estimate of drug-likeness (QED) is 0.450. The van der Waals surface area contributed by atoms with Crippen LogP contribution in [0.4, 0.5) is 0 Å². The molecule has 0 nitrogen and oxygen atoms in total. The van der Waals surface area contributed by atoms with Crippen LogP contribution in [-0.2, 0) is 0 Å². The molecule has 46 valence electrons. The van der Waals surface area contributed by atoms with Crippen molar-refractivity contribution in [2.75, 3.05) is 0 Å². The summed E-state index contributed by atoms with van der Waals surface area (Å²) in [4.78, 5) is 0. The summed E-state index contributed by atoms with van der Waals surface area (Å²) < 4.78 is 0. The second-order valence-electron chi connectivity index (χ2n) is 2.44. The third-order valence-electron chi connectivity index (χ3n) is 1.64. The second-order valence-corrected chi connectivity index (χ2v) is 2.44. The van der Waals surface area contributed by atoms with Gasteiger partial charge in [-0.2, -0.15) is 0 Å². The Hall–Kier alpha value is 0. The molecule has 1 aliphatic rings. The lowest BCUT2D eigenvalue weighted by Gasteiger charge is -2.05. The van der Waals surface area contributed by atoms with Gasteiger partial charge in [0.15, 0.2) is 0 Å². The fourth-order valence-electron chi connectivity index (χ4n) is 1.10. The summed E-state index contributed by atoms with van der Waals surface area (Å²) in [6.45, 7) is 0. The van der Waals surface area contributed by atoms with Crippen LogP contribution in [0, 0.1) is 12.8 Å². The van der Waals surface area contributed by atoms with Crippen LogP contribution in [0.15, 0.2) is 0 Å². The fourth-order valence-corrected chi connectivity index (χ4v) is 1.10. The summed E-state index contributed by atoms with van der Waals surface area (Å²) in [7, 11) is 0. The fraction of sp³-hybridized carbons (Fsp3) is 0.750. The Kier molecular flexibility index (Phi) is 3.01. The van der Waals surface area contributed by atoms with Crippen LogP contribution in [-0.4, -0.2) is 0 Å². The summed E-state index contributed by atoms with van der Waals surface area (Å²) in [5.74, 6) is 0. The van der Waals surface area contributed by atoms with Gasteiger partial charge in [0.2, 0.25) is 0 Å². The van der Waals surface area contributed by atoms with Crippen molar-refractivity contribution in [2.45, 2.75) is 38.5 Å². The Balaban J connectivity index is 2.00. The number of hydrogen-bond acceptors (Lipinski definition) is 0. The van der Waals surface area contributed by atoms with Crippen LogP contribution < -0.4 is 0 Å². The molecule has 0 aromatic heterocycles. The van der Waals surface area contributed by atoms with Crippen LogP contribution in [0.3, 0.4) is 0 Å². The molecule has 0 amide bonds. The van der Waals surface area contributed by atoms with E-state index in [1.165, 1.54) is 38.5 Å². The lowest BCUT2D eigenvalue weighted by atomic mass is 10.0. The van der Waals surface area contributed by atoms with E-state index in [1.54, 1.807) is 0 Å². The summed E-state index contributed by atoms with van der Waals surface area (Å²) in [6.07, 6.45) is 13.0. The molecular formula is C8H14. The van der Waals surface area contributed by atoms with E-state index in [4.69, 9.17) is 0 Å². The van der Waals surface area contributed by atoms with Crippen molar-refractivity contribution in [1.29, 1.82) is 0 Å². The molecule has 0 bridgehead atoms. The molecule has 0 heteroatoms. The van der Waals surface area contributed by atoms with Gasteiger partial charge in [0.25, 0.3) is 0 Å². The van der Waals surface area contributed by atoms with Crippen molar-refractivity contribution in [3.63, 3.8) is 0 Å². The number of hydrogen-bond donors (Lipinski definition) is 0. The highest BCUT2D eigenvalue weighted by molar-refractivity contribution is 4.75. The minimum atomic E-state index is 1.32. The highest BCUT2D eigenvalue weighted by Gasteiger charge is 1.96. The van der Waals surface area contributed by atoms with Crippen LogP contribution in [0.25, 0.3) is 0 Å². The monoisotopic (exact) mass is 110 g/mol. The molecule has 8 heavy (non-hydrogen) atoms. The molecule has 0 atom stereocenters. The molecule has 2 radical (unpaired) electrons. The van der Waals surface area contributed by atoms with Crippen molar-refractivity contribution in [2.24, 2.45) is 0 Å². The summed E-state index contributed by atoms with van der Waals surface area (Å²) in [5, 5.41) is 0. The molecule has 1 rings (SSSR count). The maximum absolute atomic E-state index is 2.41. The SMILES string of the molecule is [CH]1CC[CH]CCCC1. The average molecular weight is 110 g/mol. The molecule has 0 aromatic carbocycles. The van der Waals surface area contributed by atoms with Crippen LogP contribution in [0.5, 0.6) is 0 Å². The average Bonchev–Trinajstić information content (AvgIpc) is 1.62. The largest absolute Gasteiger partial charge is 0.0530 e. The third-order valence-corrected chi connectivity index (χ3v) is 1.64. The lowest BCUT2D eigenvalue weighted by Crippen LogP contribution is -1.87. The van der Waals surface area contributed by atoms with Crippen molar-refractivity contribution in [1.82, 2.24) is 0 Å².